The number of carbonyl (C=O) groups excluding carboxylic acids is 1. The summed E-state index contributed by atoms with van der Waals surface area (Å²) in [6, 6.07) is 8.86. The Bertz CT molecular complexity index is 566. The number of ether oxygens (including phenoxy) is 1. The minimum atomic E-state index is -1.50. The first kappa shape index (κ1) is 12.5. The number of hydrogen-bond donors (Lipinski definition) is 0. The summed E-state index contributed by atoms with van der Waals surface area (Å²) >= 11 is 0. The first-order chi connectivity index (χ1) is 8.74. The van der Waals surface area contributed by atoms with Crippen LogP contribution in [-0.4, -0.2) is 25.7 Å². The Labute approximate surface area is 107 Å². The average Bonchev–Trinajstić information content (AvgIpc) is 2.88. The summed E-state index contributed by atoms with van der Waals surface area (Å²) < 4.78 is 18.4. The van der Waals surface area contributed by atoms with Crippen molar-refractivity contribution in [3.63, 3.8) is 0 Å². The number of carbonyl (C=O) groups is 1. The smallest absolute Gasteiger partial charge is 0.357 e. The van der Waals surface area contributed by atoms with Crippen molar-refractivity contribution in [1.82, 2.24) is 8.96 Å². The Morgan fingerprint density at radius 1 is 1.39 bits per heavy atom. The van der Waals surface area contributed by atoms with Gasteiger partial charge in [-0.05, 0) is 19.1 Å². The highest BCUT2D eigenvalue weighted by Gasteiger charge is 2.17. The minimum Gasteiger partial charge on any atom is -0.461 e. The summed E-state index contributed by atoms with van der Waals surface area (Å²) in [5.74, 6) is -0.528. The SMILES string of the molecule is CCOC(=O)c1cncn1S(=O)c1ccccc1. The van der Waals surface area contributed by atoms with Gasteiger partial charge in [0.25, 0.3) is 0 Å². The van der Waals surface area contributed by atoms with Gasteiger partial charge in [0.2, 0.25) is 0 Å². The summed E-state index contributed by atoms with van der Waals surface area (Å²) in [4.78, 5) is 16.1. The largest absolute Gasteiger partial charge is 0.461 e. The fourth-order valence-corrected chi connectivity index (χ4v) is 2.47. The molecule has 0 fully saturated rings. The number of benzene rings is 1. The van der Waals surface area contributed by atoms with E-state index in [1.165, 1.54) is 16.5 Å². The maximum atomic E-state index is 12.3. The van der Waals surface area contributed by atoms with Crippen molar-refractivity contribution in [3.8, 4) is 0 Å². The molecule has 0 spiro atoms. The fourth-order valence-electron chi connectivity index (χ4n) is 1.41. The zero-order chi connectivity index (χ0) is 13.0. The molecule has 0 N–H and O–H groups in total. The van der Waals surface area contributed by atoms with Crippen LogP contribution in [0.1, 0.15) is 17.4 Å². The van der Waals surface area contributed by atoms with E-state index in [4.69, 9.17) is 4.74 Å². The molecular weight excluding hydrogens is 252 g/mol. The molecular formula is C12H12N2O3S. The third kappa shape index (κ3) is 2.48. The van der Waals surface area contributed by atoms with E-state index < -0.39 is 17.0 Å². The van der Waals surface area contributed by atoms with Crippen LogP contribution in [-0.2, 0) is 15.7 Å². The predicted octanol–water partition coefficient (Wildman–Crippen LogP) is 1.63. The molecule has 0 amide bonds. The van der Waals surface area contributed by atoms with Crippen molar-refractivity contribution in [2.75, 3.05) is 6.61 Å². The highest BCUT2D eigenvalue weighted by Crippen LogP contribution is 2.11. The first-order valence-electron chi connectivity index (χ1n) is 5.40. The van der Waals surface area contributed by atoms with Crippen LogP contribution in [0.15, 0.2) is 47.8 Å². The molecule has 0 aliphatic heterocycles. The molecule has 5 nitrogen and oxygen atoms in total. The van der Waals surface area contributed by atoms with Gasteiger partial charge >= 0.3 is 5.97 Å². The third-order valence-corrected chi connectivity index (χ3v) is 3.54. The van der Waals surface area contributed by atoms with Crippen LogP contribution >= 0.6 is 0 Å². The molecule has 0 aliphatic carbocycles. The van der Waals surface area contributed by atoms with E-state index in [9.17, 15) is 9.00 Å². The van der Waals surface area contributed by atoms with Gasteiger partial charge in [0.05, 0.1) is 17.7 Å². The Hall–Kier alpha value is -1.95. The molecule has 0 saturated carbocycles. The van der Waals surface area contributed by atoms with Crippen molar-refractivity contribution in [2.45, 2.75) is 11.8 Å². The molecule has 6 heteroatoms. The van der Waals surface area contributed by atoms with E-state index in [1.54, 1.807) is 31.2 Å². The molecule has 94 valence electrons. The van der Waals surface area contributed by atoms with Crippen LogP contribution in [0.4, 0.5) is 0 Å². The summed E-state index contributed by atoms with van der Waals surface area (Å²) in [5, 5.41) is 0. The number of imidazole rings is 1. The molecule has 2 aromatic rings. The lowest BCUT2D eigenvalue weighted by Crippen LogP contribution is -2.14. The number of rotatable bonds is 4. The zero-order valence-electron chi connectivity index (χ0n) is 9.78. The Kier molecular flexibility index (Phi) is 3.88. The van der Waals surface area contributed by atoms with Crippen LogP contribution in [0.2, 0.25) is 0 Å². The standard InChI is InChI=1S/C12H12N2O3S/c1-2-17-12(15)11-8-13-9-14(11)18(16)10-6-4-3-5-7-10/h3-9H,2H2,1H3. The lowest BCUT2D eigenvalue weighted by molar-refractivity contribution is 0.0518. The molecule has 1 aromatic carbocycles. The second-order valence-electron chi connectivity index (χ2n) is 3.39. The normalized spacial score (nSPS) is 12.1. The van der Waals surface area contributed by atoms with E-state index in [-0.39, 0.29) is 12.3 Å². The number of esters is 1. The van der Waals surface area contributed by atoms with E-state index in [2.05, 4.69) is 4.98 Å². The molecule has 1 aromatic heterocycles. The lowest BCUT2D eigenvalue weighted by Gasteiger charge is -2.06. The van der Waals surface area contributed by atoms with E-state index in [0.29, 0.717) is 4.90 Å². The monoisotopic (exact) mass is 264 g/mol. The van der Waals surface area contributed by atoms with Crippen LogP contribution in [0.25, 0.3) is 0 Å². The lowest BCUT2D eigenvalue weighted by atomic mass is 10.4. The second kappa shape index (κ2) is 5.59. The average molecular weight is 264 g/mol. The zero-order valence-corrected chi connectivity index (χ0v) is 10.6. The highest BCUT2D eigenvalue weighted by molar-refractivity contribution is 7.83. The first-order valence-corrected chi connectivity index (χ1v) is 6.51. The van der Waals surface area contributed by atoms with Crippen LogP contribution in [0.5, 0.6) is 0 Å². The van der Waals surface area contributed by atoms with Gasteiger partial charge in [-0.25, -0.2) is 18.0 Å². The highest BCUT2D eigenvalue weighted by atomic mass is 32.2. The van der Waals surface area contributed by atoms with Crippen LogP contribution in [0.3, 0.4) is 0 Å². The topological polar surface area (TPSA) is 61.2 Å². The predicted molar refractivity (Wildman–Crippen MR) is 66.4 cm³/mol. The van der Waals surface area contributed by atoms with Crippen molar-refractivity contribution < 1.29 is 13.7 Å². The van der Waals surface area contributed by atoms with E-state index >= 15 is 0 Å². The van der Waals surface area contributed by atoms with E-state index in [0.717, 1.165) is 0 Å². The summed E-state index contributed by atoms with van der Waals surface area (Å²) in [6.45, 7) is 1.98. The maximum absolute atomic E-state index is 12.3. The molecule has 1 heterocycles. The summed E-state index contributed by atoms with van der Waals surface area (Å²) in [5.41, 5.74) is 0.180. The molecule has 0 radical (unpaired) electrons. The molecule has 0 aliphatic rings. The molecule has 0 saturated heterocycles. The molecule has 1 unspecified atom stereocenters. The third-order valence-electron chi connectivity index (χ3n) is 2.21. The van der Waals surface area contributed by atoms with Crippen molar-refractivity contribution in [3.05, 3.63) is 48.5 Å². The second-order valence-corrected chi connectivity index (χ2v) is 4.75. The summed E-state index contributed by atoms with van der Waals surface area (Å²) in [6.07, 6.45) is 2.70. The maximum Gasteiger partial charge on any atom is 0.357 e. The number of aromatic nitrogens is 2. The fraction of sp³-hybridized carbons (Fsp3) is 0.167. The minimum absolute atomic E-state index is 0.180. The van der Waals surface area contributed by atoms with Crippen LogP contribution in [0, 0.1) is 0 Å². The molecule has 2 rings (SSSR count). The Morgan fingerprint density at radius 2 is 2.11 bits per heavy atom. The molecule has 1 atom stereocenters. The van der Waals surface area contributed by atoms with Gasteiger partial charge in [-0.2, -0.15) is 0 Å². The molecule has 0 bridgehead atoms. The van der Waals surface area contributed by atoms with Gasteiger partial charge in [0.15, 0.2) is 16.7 Å². The summed E-state index contributed by atoms with van der Waals surface area (Å²) in [7, 11) is -1.50. The van der Waals surface area contributed by atoms with Crippen LogP contribution < -0.4 is 0 Å². The van der Waals surface area contributed by atoms with Crippen molar-refractivity contribution in [1.29, 1.82) is 0 Å². The van der Waals surface area contributed by atoms with E-state index in [1.807, 2.05) is 6.07 Å². The number of hydrogen-bond acceptors (Lipinski definition) is 4. The number of nitrogens with zero attached hydrogens (tertiary/aromatic N) is 2. The molecule has 18 heavy (non-hydrogen) atoms. The van der Waals surface area contributed by atoms with Gasteiger partial charge in [0, 0.05) is 0 Å². The van der Waals surface area contributed by atoms with Crippen molar-refractivity contribution in [2.24, 2.45) is 0 Å². The van der Waals surface area contributed by atoms with Crippen molar-refractivity contribution >= 4 is 17.0 Å². The van der Waals surface area contributed by atoms with Gasteiger partial charge in [-0.1, -0.05) is 18.2 Å². The van der Waals surface area contributed by atoms with Gasteiger partial charge in [-0.15, -0.1) is 0 Å². The Morgan fingerprint density at radius 3 is 2.78 bits per heavy atom. The quantitative estimate of drug-likeness (QED) is 0.787. The van der Waals surface area contributed by atoms with Gasteiger partial charge < -0.3 is 4.74 Å². The van der Waals surface area contributed by atoms with Gasteiger partial charge in [-0.3, -0.25) is 0 Å². The Balaban J connectivity index is 2.32. The van der Waals surface area contributed by atoms with Gasteiger partial charge in [0.1, 0.15) is 6.33 Å².